The highest BCUT2D eigenvalue weighted by molar-refractivity contribution is 5.16. The summed E-state index contributed by atoms with van der Waals surface area (Å²) in [5, 5.41) is 3.66. The molecule has 0 aliphatic heterocycles. The summed E-state index contributed by atoms with van der Waals surface area (Å²) in [6.45, 7) is 5.54. The molecule has 0 spiro atoms. The van der Waals surface area contributed by atoms with Crippen LogP contribution in [0.25, 0.3) is 0 Å². The highest BCUT2D eigenvalue weighted by atomic mass is 16.3. The van der Waals surface area contributed by atoms with Gasteiger partial charge in [-0.15, -0.1) is 0 Å². The number of rotatable bonds is 5. The standard InChI is InChI=1S/C14H23NO/c1-3-14(8-5-6-9-14)13(15-4-2)12-7-10-16-11-12/h7,10-11,13,15H,3-6,8-9H2,1-2H3. The van der Waals surface area contributed by atoms with Crippen LogP contribution in [0, 0.1) is 5.41 Å². The van der Waals surface area contributed by atoms with Crippen molar-refractivity contribution in [2.45, 2.75) is 52.0 Å². The van der Waals surface area contributed by atoms with Gasteiger partial charge in [0, 0.05) is 11.6 Å². The largest absolute Gasteiger partial charge is 0.472 e. The zero-order chi connectivity index (χ0) is 11.4. The molecule has 0 radical (unpaired) electrons. The highest BCUT2D eigenvalue weighted by Crippen LogP contribution is 2.50. The molecule has 1 heterocycles. The quantitative estimate of drug-likeness (QED) is 0.815. The Hall–Kier alpha value is -0.760. The molecule has 1 saturated carbocycles. The van der Waals surface area contributed by atoms with Gasteiger partial charge in [-0.3, -0.25) is 0 Å². The van der Waals surface area contributed by atoms with Crippen molar-refractivity contribution in [1.29, 1.82) is 0 Å². The summed E-state index contributed by atoms with van der Waals surface area (Å²) in [7, 11) is 0. The van der Waals surface area contributed by atoms with Crippen molar-refractivity contribution in [3.05, 3.63) is 24.2 Å². The number of furan rings is 1. The Morgan fingerprint density at radius 3 is 2.62 bits per heavy atom. The fourth-order valence-corrected chi connectivity index (χ4v) is 3.26. The van der Waals surface area contributed by atoms with Crippen LogP contribution in [-0.2, 0) is 0 Å². The van der Waals surface area contributed by atoms with Crippen LogP contribution in [0.1, 0.15) is 57.6 Å². The fraction of sp³-hybridized carbons (Fsp3) is 0.714. The summed E-state index contributed by atoms with van der Waals surface area (Å²) in [5.41, 5.74) is 1.78. The molecule has 90 valence electrons. The van der Waals surface area contributed by atoms with Crippen molar-refractivity contribution >= 4 is 0 Å². The molecule has 0 bridgehead atoms. The molecule has 1 aromatic rings. The Labute approximate surface area is 98.4 Å². The molecule has 2 heteroatoms. The molecule has 1 unspecified atom stereocenters. The fourth-order valence-electron chi connectivity index (χ4n) is 3.26. The van der Waals surface area contributed by atoms with E-state index in [1.165, 1.54) is 37.7 Å². The second-order valence-electron chi connectivity index (χ2n) is 4.97. The van der Waals surface area contributed by atoms with Crippen LogP contribution in [0.5, 0.6) is 0 Å². The van der Waals surface area contributed by atoms with E-state index in [4.69, 9.17) is 4.42 Å². The maximum Gasteiger partial charge on any atom is 0.0950 e. The van der Waals surface area contributed by atoms with Crippen LogP contribution in [0.4, 0.5) is 0 Å². The lowest BCUT2D eigenvalue weighted by Crippen LogP contribution is -2.35. The van der Waals surface area contributed by atoms with Gasteiger partial charge in [-0.1, -0.05) is 26.7 Å². The molecule has 1 N–H and O–H groups in total. The Morgan fingerprint density at radius 2 is 2.12 bits per heavy atom. The number of hydrogen-bond donors (Lipinski definition) is 1. The average molecular weight is 221 g/mol. The lowest BCUT2D eigenvalue weighted by atomic mass is 9.74. The minimum absolute atomic E-state index is 0.458. The molecule has 0 aromatic carbocycles. The van der Waals surface area contributed by atoms with E-state index in [0.29, 0.717) is 11.5 Å². The first kappa shape index (κ1) is 11.7. The minimum Gasteiger partial charge on any atom is -0.472 e. The number of nitrogens with one attached hydrogen (secondary N) is 1. The molecule has 1 atom stereocenters. The molecule has 1 aliphatic rings. The van der Waals surface area contributed by atoms with Gasteiger partial charge in [0.1, 0.15) is 0 Å². The van der Waals surface area contributed by atoms with Crippen molar-refractivity contribution in [3.8, 4) is 0 Å². The Bertz CT molecular complexity index is 299. The van der Waals surface area contributed by atoms with Gasteiger partial charge in [0.25, 0.3) is 0 Å². The SMILES string of the molecule is CCNC(c1ccoc1)C1(CC)CCCC1. The van der Waals surface area contributed by atoms with E-state index in [-0.39, 0.29) is 0 Å². The van der Waals surface area contributed by atoms with Crippen LogP contribution in [0.3, 0.4) is 0 Å². The summed E-state index contributed by atoms with van der Waals surface area (Å²) in [4.78, 5) is 0. The van der Waals surface area contributed by atoms with Crippen LogP contribution < -0.4 is 5.32 Å². The van der Waals surface area contributed by atoms with Gasteiger partial charge in [0.05, 0.1) is 12.5 Å². The van der Waals surface area contributed by atoms with E-state index in [1.807, 2.05) is 6.26 Å². The Balaban J connectivity index is 2.23. The van der Waals surface area contributed by atoms with Crippen molar-refractivity contribution in [2.24, 2.45) is 5.41 Å². The van der Waals surface area contributed by atoms with Crippen molar-refractivity contribution in [1.82, 2.24) is 5.32 Å². The molecule has 1 fully saturated rings. The van der Waals surface area contributed by atoms with Crippen LogP contribution in [0.15, 0.2) is 23.0 Å². The molecular weight excluding hydrogens is 198 g/mol. The van der Waals surface area contributed by atoms with E-state index < -0.39 is 0 Å². The lowest BCUT2D eigenvalue weighted by Gasteiger charge is -2.37. The molecule has 2 rings (SSSR count). The van der Waals surface area contributed by atoms with E-state index >= 15 is 0 Å². The topological polar surface area (TPSA) is 25.2 Å². The predicted octanol–water partition coefficient (Wildman–Crippen LogP) is 3.90. The zero-order valence-electron chi connectivity index (χ0n) is 10.5. The molecular formula is C14H23NO. The van der Waals surface area contributed by atoms with Gasteiger partial charge < -0.3 is 9.73 Å². The van der Waals surface area contributed by atoms with E-state index in [9.17, 15) is 0 Å². The first-order valence-corrected chi connectivity index (χ1v) is 6.58. The van der Waals surface area contributed by atoms with Crippen molar-refractivity contribution < 1.29 is 4.42 Å². The second kappa shape index (κ2) is 5.05. The first-order valence-electron chi connectivity index (χ1n) is 6.58. The lowest BCUT2D eigenvalue weighted by molar-refractivity contribution is 0.188. The molecule has 1 aromatic heterocycles. The van der Waals surface area contributed by atoms with Gasteiger partial charge in [-0.05, 0) is 37.3 Å². The zero-order valence-corrected chi connectivity index (χ0v) is 10.5. The minimum atomic E-state index is 0.458. The summed E-state index contributed by atoms with van der Waals surface area (Å²) < 4.78 is 5.25. The first-order chi connectivity index (χ1) is 7.82. The van der Waals surface area contributed by atoms with E-state index in [0.717, 1.165) is 6.54 Å². The second-order valence-corrected chi connectivity index (χ2v) is 4.97. The average Bonchev–Trinajstić information content (AvgIpc) is 2.98. The van der Waals surface area contributed by atoms with Crippen LogP contribution in [0.2, 0.25) is 0 Å². The monoisotopic (exact) mass is 221 g/mol. The third-order valence-corrected chi connectivity index (χ3v) is 4.20. The maximum atomic E-state index is 5.25. The van der Waals surface area contributed by atoms with Gasteiger partial charge in [-0.25, -0.2) is 0 Å². The van der Waals surface area contributed by atoms with E-state index in [1.54, 1.807) is 6.26 Å². The Kier molecular flexibility index (Phi) is 3.70. The third-order valence-electron chi connectivity index (χ3n) is 4.20. The summed E-state index contributed by atoms with van der Waals surface area (Å²) in [6, 6.07) is 2.59. The Morgan fingerprint density at radius 1 is 1.38 bits per heavy atom. The van der Waals surface area contributed by atoms with Gasteiger partial charge in [0.2, 0.25) is 0 Å². The molecule has 1 aliphatic carbocycles. The summed E-state index contributed by atoms with van der Waals surface area (Å²) >= 11 is 0. The van der Waals surface area contributed by atoms with E-state index in [2.05, 4.69) is 25.2 Å². The van der Waals surface area contributed by atoms with Crippen molar-refractivity contribution in [3.63, 3.8) is 0 Å². The third kappa shape index (κ3) is 2.03. The smallest absolute Gasteiger partial charge is 0.0950 e. The predicted molar refractivity (Wildman–Crippen MR) is 66.3 cm³/mol. The van der Waals surface area contributed by atoms with Gasteiger partial charge in [0.15, 0.2) is 0 Å². The number of hydrogen-bond acceptors (Lipinski definition) is 2. The molecule has 2 nitrogen and oxygen atoms in total. The normalized spacial score (nSPS) is 21.1. The maximum absolute atomic E-state index is 5.25. The molecule has 0 amide bonds. The van der Waals surface area contributed by atoms with Crippen LogP contribution >= 0.6 is 0 Å². The van der Waals surface area contributed by atoms with Gasteiger partial charge >= 0.3 is 0 Å². The van der Waals surface area contributed by atoms with Crippen LogP contribution in [-0.4, -0.2) is 6.54 Å². The van der Waals surface area contributed by atoms with Gasteiger partial charge in [-0.2, -0.15) is 0 Å². The molecule has 16 heavy (non-hydrogen) atoms. The highest BCUT2D eigenvalue weighted by Gasteiger charge is 2.40. The van der Waals surface area contributed by atoms with Crippen molar-refractivity contribution in [2.75, 3.05) is 6.54 Å². The summed E-state index contributed by atoms with van der Waals surface area (Å²) in [5.74, 6) is 0. The molecule has 0 saturated heterocycles. The summed E-state index contributed by atoms with van der Waals surface area (Å²) in [6.07, 6.45) is 10.4.